The molecule has 0 heterocycles. The van der Waals surface area contributed by atoms with Crippen molar-refractivity contribution in [2.75, 3.05) is 20.2 Å². The van der Waals surface area contributed by atoms with Crippen molar-refractivity contribution in [3.8, 4) is 0 Å². The first-order valence-corrected chi connectivity index (χ1v) is 9.58. The van der Waals surface area contributed by atoms with Crippen molar-refractivity contribution in [1.29, 1.82) is 0 Å². The molecule has 0 atom stereocenters. The average molecular weight is 477 g/mol. The number of hydrogen-bond donors (Lipinski definition) is 2. The number of guanidine groups is 1. The summed E-state index contributed by atoms with van der Waals surface area (Å²) in [4.78, 5) is 4.21. The zero-order chi connectivity index (χ0) is 17.7. The van der Waals surface area contributed by atoms with E-state index in [4.69, 9.17) is 4.74 Å². The molecule has 1 aromatic carbocycles. The van der Waals surface area contributed by atoms with Crippen LogP contribution in [0.5, 0.6) is 0 Å². The van der Waals surface area contributed by atoms with Gasteiger partial charge in [-0.25, -0.2) is 4.39 Å². The summed E-state index contributed by atoms with van der Waals surface area (Å²) in [6, 6.07) is 6.50. The molecule has 2 N–H and O–H groups in total. The molecule has 0 spiro atoms. The van der Waals surface area contributed by atoms with Gasteiger partial charge in [-0.05, 0) is 43.4 Å². The van der Waals surface area contributed by atoms with E-state index in [0.717, 1.165) is 37.5 Å². The molecular formula is C20H33FIN3O. The van der Waals surface area contributed by atoms with E-state index in [1.807, 2.05) is 0 Å². The molecule has 2 rings (SSSR count). The Hall–Kier alpha value is -0.890. The molecule has 0 amide bonds. The van der Waals surface area contributed by atoms with Gasteiger partial charge in [0.05, 0.1) is 6.10 Å². The third-order valence-electron chi connectivity index (χ3n) is 4.62. The van der Waals surface area contributed by atoms with Crippen LogP contribution in [-0.4, -0.2) is 32.3 Å². The summed E-state index contributed by atoms with van der Waals surface area (Å²) in [5.74, 6) is 0.561. The highest BCUT2D eigenvalue weighted by atomic mass is 127. The maximum atomic E-state index is 12.9. The van der Waals surface area contributed by atoms with E-state index in [1.165, 1.54) is 50.7 Å². The van der Waals surface area contributed by atoms with Crippen LogP contribution < -0.4 is 10.6 Å². The normalized spacial score (nSPS) is 15.8. The molecule has 1 fully saturated rings. The highest BCUT2D eigenvalue weighted by Gasteiger charge is 2.11. The first-order chi connectivity index (χ1) is 12.3. The van der Waals surface area contributed by atoms with Gasteiger partial charge >= 0.3 is 0 Å². The number of benzene rings is 1. The highest BCUT2D eigenvalue weighted by molar-refractivity contribution is 14.0. The molecular weight excluding hydrogens is 444 g/mol. The van der Waals surface area contributed by atoms with Crippen LogP contribution in [0.1, 0.15) is 56.9 Å². The molecule has 0 aliphatic heterocycles. The molecule has 0 aromatic heterocycles. The van der Waals surface area contributed by atoms with Gasteiger partial charge in [-0.2, -0.15) is 0 Å². The third kappa shape index (κ3) is 9.71. The minimum absolute atomic E-state index is 0. The lowest BCUT2D eigenvalue weighted by molar-refractivity contribution is 0.0411. The number of nitrogens with one attached hydrogen (secondary N) is 2. The van der Waals surface area contributed by atoms with Crippen molar-refractivity contribution in [2.24, 2.45) is 4.99 Å². The van der Waals surface area contributed by atoms with E-state index in [2.05, 4.69) is 15.6 Å². The molecule has 4 nitrogen and oxygen atoms in total. The van der Waals surface area contributed by atoms with Gasteiger partial charge in [0.2, 0.25) is 0 Å². The lowest BCUT2D eigenvalue weighted by atomic mass is 10.1. The van der Waals surface area contributed by atoms with Gasteiger partial charge in [0.25, 0.3) is 0 Å². The Labute approximate surface area is 174 Å². The molecule has 0 bridgehead atoms. The summed E-state index contributed by atoms with van der Waals surface area (Å²) in [5.41, 5.74) is 1.03. The summed E-state index contributed by atoms with van der Waals surface area (Å²) in [6.07, 6.45) is 10.5. The fourth-order valence-corrected chi connectivity index (χ4v) is 3.10. The van der Waals surface area contributed by atoms with E-state index in [-0.39, 0.29) is 29.8 Å². The zero-order valence-corrected chi connectivity index (χ0v) is 18.1. The minimum Gasteiger partial charge on any atom is -0.378 e. The van der Waals surface area contributed by atoms with Crippen LogP contribution in [0.3, 0.4) is 0 Å². The Morgan fingerprint density at radius 2 is 1.77 bits per heavy atom. The topological polar surface area (TPSA) is 45.7 Å². The molecule has 0 saturated heterocycles. The number of unbranched alkanes of at least 4 members (excludes halogenated alkanes) is 1. The smallest absolute Gasteiger partial charge is 0.191 e. The minimum atomic E-state index is -0.211. The standard InChI is InChI=1S/C20H32FN3O.HI/c1-22-20(24-16-17-10-12-18(21)13-11-17)23-14-6-7-15-25-19-8-4-2-3-5-9-19;/h10-13,19H,2-9,14-16H2,1H3,(H2,22,23,24);1H. The predicted octanol–water partition coefficient (Wildman–Crippen LogP) is 4.63. The van der Waals surface area contributed by atoms with Crippen molar-refractivity contribution in [3.63, 3.8) is 0 Å². The molecule has 1 aliphatic carbocycles. The van der Waals surface area contributed by atoms with Gasteiger partial charge in [0.15, 0.2) is 5.96 Å². The monoisotopic (exact) mass is 477 g/mol. The first kappa shape index (κ1) is 23.1. The Kier molecular flexibility index (Phi) is 12.6. The van der Waals surface area contributed by atoms with Crippen LogP contribution in [0.15, 0.2) is 29.3 Å². The van der Waals surface area contributed by atoms with Crippen LogP contribution in [0, 0.1) is 5.82 Å². The Morgan fingerprint density at radius 1 is 1.08 bits per heavy atom. The van der Waals surface area contributed by atoms with Gasteiger partial charge < -0.3 is 15.4 Å². The number of nitrogens with zero attached hydrogens (tertiary/aromatic N) is 1. The predicted molar refractivity (Wildman–Crippen MR) is 117 cm³/mol. The SMILES string of the molecule is CN=C(NCCCCOC1CCCCCC1)NCc1ccc(F)cc1.I. The van der Waals surface area contributed by atoms with Crippen molar-refractivity contribution >= 4 is 29.9 Å². The quantitative estimate of drug-likeness (QED) is 0.189. The largest absolute Gasteiger partial charge is 0.378 e. The van der Waals surface area contributed by atoms with Gasteiger partial charge in [-0.3, -0.25) is 4.99 Å². The summed E-state index contributed by atoms with van der Waals surface area (Å²) < 4.78 is 18.9. The van der Waals surface area contributed by atoms with Crippen LogP contribution in [-0.2, 0) is 11.3 Å². The van der Waals surface area contributed by atoms with Crippen LogP contribution >= 0.6 is 24.0 Å². The molecule has 26 heavy (non-hydrogen) atoms. The fourth-order valence-electron chi connectivity index (χ4n) is 3.10. The van der Waals surface area contributed by atoms with E-state index in [1.54, 1.807) is 19.2 Å². The molecule has 1 saturated carbocycles. The lowest BCUT2D eigenvalue weighted by Crippen LogP contribution is -2.37. The summed E-state index contributed by atoms with van der Waals surface area (Å²) in [6.45, 7) is 2.36. The lowest BCUT2D eigenvalue weighted by Gasteiger charge is -2.15. The number of halogens is 2. The second kappa shape index (κ2) is 14.2. The van der Waals surface area contributed by atoms with Gasteiger partial charge in [-0.1, -0.05) is 37.8 Å². The molecule has 1 aromatic rings. The molecule has 0 unspecified atom stereocenters. The van der Waals surface area contributed by atoms with E-state index < -0.39 is 0 Å². The van der Waals surface area contributed by atoms with Crippen LogP contribution in [0.25, 0.3) is 0 Å². The van der Waals surface area contributed by atoms with Crippen molar-refractivity contribution in [2.45, 2.75) is 64.0 Å². The first-order valence-electron chi connectivity index (χ1n) is 9.58. The second-order valence-electron chi connectivity index (χ2n) is 6.67. The number of aliphatic imine (C=N–C) groups is 1. The Bertz CT molecular complexity index is 502. The van der Waals surface area contributed by atoms with Gasteiger partial charge in [0, 0.05) is 26.7 Å². The molecule has 148 valence electrons. The van der Waals surface area contributed by atoms with E-state index in [9.17, 15) is 4.39 Å². The molecule has 0 radical (unpaired) electrons. The van der Waals surface area contributed by atoms with E-state index >= 15 is 0 Å². The fraction of sp³-hybridized carbons (Fsp3) is 0.650. The Morgan fingerprint density at radius 3 is 2.42 bits per heavy atom. The third-order valence-corrected chi connectivity index (χ3v) is 4.62. The van der Waals surface area contributed by atoms with Crippen molar-refractivity contribution in [1.82, 2.24) is 10.6 Å². The second-order valence-corrected chi connectivity index (χ2v) is 6.67. The average Bonchev–Trinajstić information content (AvgIpc) is 2.90. The number of rotatable bonds is 8. The maximum absolute atomic E-state index is 12.9. The van der Waals surface area contributed by atoms with Crippen LogP contribution in [0.4, 0.5) is 4.39 Å². The highest BCUT2D eigenvalue weighted by Crippen LogP contribution is 2.19. The molecule has 1 aliphatic rings. The maximum Gasteiger partial charge on any atom is 0.191 e. The number of hydrogen-bond acceptors (Lipinski definition) is 2. The summed E-state index contributed by atoms with van der Waals surface area (Å²) in [5, 5.41) is 6.55. The van der Waals surface area contributed by atoms with Gasteiger partial charge in [0.1, 0.15) is 5.82 Å². The zero-order valence-electron chi connectivity index (χ0n) is 15.8. The van der Waals surface area contributed by atoms with Crippen LogP contribution in [0.2, 0.25) is 0 Å². The van der Waals surface area contributed by atoms with Crippen molar-refractivity contribution < 1.29 is 9.13 Å². The van der Waals surface area contributed by atoms with E-state index in [0.29, 0.717) is 12.6 Å². The number of ether oxygens (including phenoxy) is 1. The Balaban J connectivity index is 0.00000338. The van der Waals surface area contributed by atoms with Gasteiger partial charge in [-0.15, -0.1) is 24.0 Å². The summed E-state index contributed by atoms with van der Waals surface area (Å²) >= 11 is 0. The van der Waals surface area contributed by atoms with Crippen molar-refractivity contribution in [3.05, 3.63) is 35.6 Å². The molecule has 6 heteroatoms. The summed E-state index contributed by atoms with van der Waals surface area (Å²) in [7, 11) is 1.76.